The van der Waals surface area contributed by atoms with Gasteiger partial charge < -0.3 is 0 Å². The Morgan fingerprint density at radius 2 is 1.39 bits per heavy atom. The topological polar surface area (TPSA) is 0 Å². The standard InChI is InChI=1S/C18H30/c1-9-18(7,8)16-11-14(13(2)3)10-15(12-16)17(4,5)6/h10-13H,9H2,1-8H3. The highest BCUT2D eigenvalue weighted by Gasteiger charge is 2.23. The van der Waals surface area contributed by atoms with Crippen molar-refractivity contribution >= 4 is 0 Å². The molecule has 0 spiro atoms. The van der Waals surface area contributed by atoms with E-state index in [4.69, 9.17) is 0 Å². The molecule has 102 valence electrons. The van der Waals surface area contributed by atoms with E-state index in [1.165, 1.54) is 23.1 Å². The lowest BCUT2D eigenvalue weighted by Gasteiger charge is -2.29. The first-order chi connectivity index (χ1) is 8.08. The lowest BCUT2D eigenvalue weighted by molar-refractivity contribution is 0.501. The Morgan fingerprint density at radius 3 is 1.78 bits per heavy atom. The predicted octanol–water partition coefficient (Wildman–Crippen LogP) is 5.80. The summed E-state index contributed by atoms with van der Waals surface area (Å²) in [5.74, 6) is 0.596. The molecular formula is C18H30. The fourth-order valence-electron chi connectivity index (χ4n) is 2.01. The first kappa shape index (κ1) is 15.3. The summed E-state index contributed by atoms with van der Waals surface area (Å²) in [5.41, 5.74) is 4.92. The molecule has 0 saturated carbocycles. The van der Waals surface area contributed by atoms with Crippen LogP contribution in [-0.2, 0) is 10.8 Å². The normalized spacial score (nSPS) is 13.2. The zero-order chi connectivity index (χ0) is 14.1. The lowest BCUT2D eigenvalue weighted by atomic mass is 9.76. The Labute approximate surface area is 114 Å². The molecular weight excluding hydrogens is 216 g/mol. The molecule has 0 aliphatic heterocycles. The summed E-state index contributed by atoms with van der Waals surface area (Å²) in [7, 11) is 0. The van der Waals surface area contributed by atoms with E-state index in [1.54, 1.807) is 0 Å². The van der Waals surface area contributed by atoms with Gasteiger partial charge in [-0.2, -0.15) is 0 Å². The minimum Gasteiger partial charge on any atom is -0.0646 e. The van der Waals surface area contributed by atoms with E-state index in [2.05, 4.69) is 73.6 Å². The van der Waals surface area contributed by atoms with E-state index < -0.39 is 0 Å². The Hall–Kier alpha value is -0.780. The third-order valence-electron chi connectivity index (χ3n) is 4.15. The smallest absolute Gasteiger partial charge is 0.0106 e. The Bertz CT molecular complexity index is 403. The largest absolute Gasteiger partial charge is 0.0646 e. The third-order valence-corrected chi connectivity index (χ3v) is 4.15. The van der Waals surface area contributed by atoms with Crippen molar-refractivity contribution in [2.45, 2.75) is 78.6 Å². The van der Waals surface area contributed by atoms with Crippen LogP contribution < -0.4 is 0 Å². The molecule has 1 aromatic carbocycles. The Morgan fingerprint density at radius 1 is 0.889 bits per heavy atom. The molecule has 18 heavy (non-hydrogen) atoms. The fourth-order valence-corrected chi connectivity index (χ4v) is 2.01. The molecule has 0 unspecified atom stereocenters. The second kappa shape index (κ2) is 5.07. The maximum Gasteiger partial charge on any atom is -0.0106 e. The molecule has 0 heteroatoms. The quantitative estimate of drug-likeness (QED) is 0.632. The monoisotopic (exact) mass is 246 g/mol. The highest BCUT2D eigenvalue weighted by molar-refractivity contribution is 5.38. The van der Waals surface area contributed by atoms with Crippen molar-refractivity contribution in [3.05, 3.63) is 34.9 Å². The van der Waals surface area contributed by atoms with Crippen LogP contribution in [0.15, 0.2) is 18.2 Å². The average molecular weight is 246 g/mol. The second-order valence-corrected chi connectivity index (χ2v) is 7.49. The minimum absolute atomic E-state index is 0.226. The van der Waals surface area contributed by atoms with Crippen molar-refractivity contribution in [1.82, 2.24) is 0 Å². The van der Waals surface area contributed by atoms with Gasteiger partial charge in [-0.1, -0.05) is 73.6 Å². The molecule has 0 saturated heterocycles. The lowest BCUT2D eigenvalue weighted by Crippen LogP contribution is -2.19. The van der Waals surface area contributed by atoms with E-state index in [1.807, 2.05) is 0 Å². The van der Waals surface area contributed by atoms with Gasteiger partial charge >= 0.3 is 0 Å². The highest BCUT2D eigenvalue weighted by atomic mass is 14.3. The van der Waals surface area contributed by atoms with Gasteiger partial charge in [0.15, 0.2) is 0 Å². The highest BCUT2D eigenvalue weighted by Crippen LogP contribution is 2.34. The molecule has 0 nitrogen and oxygen atoms in total. The minimum atomic E-state index is 0.226. The van der Waals surface area contributed by atoms with Crippen LogP contribution in [0.5, 0.6) is 0 Å². The van der Waals surface area contributed by atoms with Crippen LogP contribution in [0.3, 0.4) is 0 Å². The van der Waals surface area contributed by atoms with Crippen molar-refractivity contribution in [3.8, 4) is 0 Å². The predicted molar refractivity (Wildman–Crippen MR) is 82.5 cm³/mol. The van der Waals surface area contributed by atoms with E-state index in [9.17, 15) is 0 Å². The Balaban J connectivity index is 3.41. The maximum absolute atomic E-state index is 2.41. The zero-order valence-electron chi connectivity index (χ0n) is 13.5. The number of rotatable bonds is 3. The second-order valence-electron chi connectivity index (χ2n) is 7.49. The SMILES string of the molecule is CCC(C)(C)c1cc(C(C)C)cc(C(C)(C)C)c1. The number of hydrogen-bond donors (Lipinski definition) is 0. The third kappa shape index (κ3) is 3.37. The molecule has 0 radical (unpaired) electrons. The molecule has 0 aromatic heterocycles. The molecule has 0 aliphatic carbocycles. The molecule has 0 bridgehead atoms. The van der Waals surface area contributed by atoms with Gasteiger partial charge in [0.1, 0.15) is 0 Å². The molecule has 0 amide bonds. The first-order valence-corrected chi connectivity index (χ1v) is 7.24. The number of benzene rings is 1. The molecule has 0 fully saturated rings. The number of hydrogen-bond acceptors (Lipinski definition) is 0. The zero-order valence-corrected chi connectivity index (χ0v) is 13.5. The summed E-state index contributed by atoms with van der Waals surface area (Å²) in [6, 6.07) is 7.21. The molecule has 0 aliphatic rings. The molecule has 0 heterocycles. The summed E-state index contributed by atoms with van der Waals surface area (Å²) >= 11 is 0. The van der Waals surface area contributed by atoms with Crippen LogP contribution in [0.25, 0.3) is 0 Å². The van der Waals surface area contributed by atoms with Crippen molar-refractivity contribution < 1.29 is 0 Å². The van der Waals surface area contributed by atoms with Gasteiger partial charge in [-0.05, 0) is 39.9 Å². The molecule has 1 rings (SSSR count). The Kier molecular flexibility index (Phi) is 4.30. The van der Waals surface area contributed by atoms with E-state index in [0.29, 0.717) is 5.92 Å². The van der Waals surface area contributed by atoms with Crippen molar-refractivity contribution in [1.29, 1.82) is 0 Å². The summed E-state index contributed by atoms with van der Waals surface area (Å²) in [6.07, 6.45) is 1.18. The summed E-state index contributed by atoms with van der Waals surface area (Å²) in [5, 5.41) is 0. The summed E-state index contributed by atoms with van der Waals surface area (Å²) in [4.78, 5) is 0. The van der Waals surface area contributed by atoms with Crippen LogP contribution in [-0.4, -0.2) is 0 Å². The van der Waals surface area contributed by atoms with Crippen molar-refractivity contribution in [2.24, 2.45) is 0 Å². The van der Waals surface area contributed by atoms with E-state index in [0.717, 1.165) is 0 Å². The van der Waals surface area contributed by atoms with Crippen molar-refractivity contribution in [2.75, 3.05) is 0 Å². The summed E-state index contributed by atoms with van der Waals surface area (Å²) in [6.45, 7) is 18.4. The average Bonchev–Trinajstić information content (AvgIpc) is 2.27. The fraction of sp³-hybridized carbons (Fsp3) is 0.667. The van der Waals surface area contributed by atoms with Gasteiger partial charge in [-0.15, -0.1) is 0 Å². The molecule has 0 N–H and O–H groups in total. The first-order valence-electron chi connectivity index (χ1n) is 7.24. The van der Waals surface area contributed by atoms with E-state index >= 15 is 0 Å². The van der Waals surface area contributed by atoms with Crippen molar-refractivity contribution in [3.63, 3.8) is 0 Å². The van der Waals surface area contributed by atoms with Gasteiger partial charge in [0.25, 0.3) is 0 Å². The van der Waals surface area contributed by atoms with Gasteiger partial charge in [-0.3, -0.25) is 0 Å². The maximum atomic E-state index is 2.41. The van der Waals surface area contributed by atoms with Gasteiger partial charge in [-0.25, -0.2) is 0 Å². The molecule has 1 aromatic rings. The van der Waals surface area contributed by atoms with Gasteiger partial charge in [0.05, 0.1) is 0 Å². The van der Waals surface area contributed by atoms with E-state index in [-0.39, 0.29) is 10.8 Å². The molecule has 0 atom stereocenters. The van der Waals surface area contributed by atoms with Crippen LogP contribution in [0.4, 0.5) is 0 Å². The van der Waals surface area contributed by atoms with Gasteiger partial charge in [0.2, 0.25) is 0 Å². The van der Waals surface area contributed by atoms with Crippen LogP contribution in [0, 0.1) is 0 Å². The van der Waals surface area contributed by atoms with Crippen LogP contribution in [0.1, 0.15) is 84.4 Å². The van der Waals surface area contributed by atoms with Crippen LogP contribution >= 0.6 is 0 Å². The van der Waals surface area contributed by atoms with Gasteiger partial charge in [0, 0.05) is 0 Å². The van der Waals surface area contributed by atoms with Crippen LogP contribution in [0.2, 0.25) is 0 Å². The summed E-state index contributed by atoms with van der Waals surface area (Å²) < 4.78 is 0.